The predicted molar refractivity (Wildman–Crippen MR) is 74.3 cm³/mol. The van der Waals surface area contributed by atoms with Crippen molar-refractivity contribution < 1.29 is 9.31 Å². The molecule has 1 aromatic carbocycles. The quantitative estimate of drug-likeness (QED) is 0.789. The molecule has 0 atom stereocenters. The highest BCUT2D eigenvalue weighted by molar-refractivity contribution is 6.62. The molecule has 1 aliphatic rings. The molecule has 5 nitrogen and oxygen atoms in total. The van der Waals surface area contributed by atoms with Gasteiger partial charge in [0.15, 0.2) is 0 Å². The molecule has 0 spiro atoms. The minimum atomic E-state index is -0.357. The molecule has 0 aliphatic carbocycles. The Balaban J connectivity index is 2.02. The van der Waals surface area contributed by atoms with Crippen molar-refractivity contribution >= 4 is 23.6 Å². The van der Waals surface area contributed by atoms with Gasteiger partial charge in [-0.3, -0.25) is 0 Å². The Morgan fingerprint density at radius 1 is 1.05 bits per heavy atom. The minimum Gasteiger partial charge on any atom is -0.399 e. The van der Waals surface area contributed by atoms with Crippen LogP contribution in [0.3, 0.4) is 0 Å². The van der Waals surface area contributed by atoms with Crippen LogP contribution in [0, 0.1) is 6.92 Å². The van der Waals surface area contributed by atoms with Gasteiger partial charge in [0.05, 0.1) is 11.2 Å². The molecule has 0 saturated carbocycles. The Hall–Kier alpha value is -1.40. The van der Waals surface area contributed by atoms with E-state index in [0.29, 0.717) is 0 Å². The van der Waals surface area contributed by atoms with Crippen molar-refractivity contribution in [1.82, 2.24) is 15.4 Å². The van der Waals surface area contributed by atoms with Gasteiger partial charge < -0.3 is 9.31 Å². The van der Waals surface area contributed by atoms with Crippen LogP contribution in [-0.2, 0) is 9.31 Å². The van der Waals surface area contributed by atoms with Crippen molar-refractivity contribution in [3.05, 3.63) is 17.7 Å². The lowest BCUT2D eigenvalue weighted by molar-refractivity contribution is 0.00578. The second-order valence-corrected chi connectivity index (χ2v) is 6.12. The number of aromatic amines is 1. The zero-order valence-electron chi connectivity index (χ0n) is 11.9. The number of H-pyrrole nitrogens is 1. The maximum atomic E-state index is 6.05. The van der Waals surface area contributed by atoms with Crippen LogP contribution in [0.25, 0.3) is 11.0 Å². The summed E-state index contributed by atoms with van der Waals surface area (Å²) in [5, 5.41) is 10.9. The van der Waals surface area contributed by atoms with Crippen molar-refractivity contribution in [2.75, 3.05) is 0 Å². The van der Waals surface area contributed by atoms with Crippen molar-refractivity contribution in [3.63, 3.8) is 0 Å². The fraction of sp³-hybridized carbons (Fsp3) is 0.538. The lowest BCUT2D eigenvalue weighted by Crippen LogP contribution is -2.41. The molecule has 1 N–H and O–H groups in total. The molecule has 6 heteroatoms. The number of hydrogen-bond acceptors (Lipinski definition) is 4. The molecule has 2 aromatic rings. The average Bonchev–Trinajstić information content (AvgIpc) is 2.82. The van der Waals surface area contributed by atoms with Gasteiger partial charge in [-0.25, -0.2) is 0 Å². The number of hydrogen-bond donors (Lipinski definition) is 1. The largest absolute Gasteiger partial charge is 0.494 e. The molecule has 0 bridgehead atoms. The summed E-state index contributed by atoms with van der Waals surface area (Å²) in [6.45, 7) is 10.2. The molecule has 19 heavy (non-hydrogen) atoms. The van der Waals surface area contributed by atoms with Gasteiger partial charge in [-0.2, -0.15) is 15.4 Å². The maximum absolute atomic E-state index is 6.05. The third-order valence-electron chi connectivity index (χ3n) is 4.16. The lowest BCUT2D eigenvalue weighted by Gasteiger charge is -2.32. The molecular weight excluding hydrogens is 241 g/mol. The fourth-order valence-electron chi connectivity index (χ4n) is 2.26. The number of aryl methyl sites for hydroxylation is 1. The molecule has 2 heterocycles. The normalized spacial score (nSPS) is 21.2. The molecule has 1 aromatic heterocycles. The Labute approximate surface area is 112 Å². The molecule has 1 saturated heterocycles. The number of benzene rings is 1. The van der Waals surface area contributed by atoms with Gasteiger partial charge in [0, 0.05) is 0 Å². The van der Waals surface area contributed by atoms with E-state index in [-0.39, 0.29) is 18.3 Å². The zero-order chi connectivity index (χ0) is 13.8. The summed E-state index contributed by atoms with van der Waals surface area (Å²) in [6, 6.07) is 4.01. The Bertz CT molecular complexity index is 620. The minimum absolute atomic E-state index is 0.329. The fourth-order valence-corrected chi connectivity index (χ4v) is 2.26. The van der Waals surface area contributed by atoms with Crippen LogP contribution in [0.2, 0.25) is 0 Å². The summed E-state index contributed by atoms with van der Waals surface area (Å²) in [5.41, 5.74) is 3.12. The first-order chi connectivity index (χ1) is 8.80. The Morgan fingerprint density at radius 3 is 2.32 bits per heavy atom. The number of fused-ring (bicyclic) bond motifs is 1. The summed E-state index contributed by atoms with van der Waals surface area (Å²) in [4.78, 5) is 0. The molecule has 1 fully saturated rings. The summed E-state index contributed by atoms with van der Waals surface area (Å²) >= 11 is 0. The summed E-state index contributed by atoms with van der Waals surface area (Å²) in [5.74, 6) is 0. The SMILES string of the molecule is Cc1cc(B2OC(C)(C)C(C)(C)O2)cc2n[nH]nc12. The average molecular weight is 259 g/mol. The molecular formula is C13H18BN3O2. The van der Waals surface area contributed by atoms with Crippen LogP contribution < -0.4 is 5.46 Å². The van der Waals surface area contributed by atoms with Crippen molar-refractivity contribution in [3.8, 4) is 0 Å². The van der Waals surface area contributed by atoms with Crippen LogP contribution in [0.4, 0.5) is 0 Å². The van der Waals surface area contributed by atoms with E-state index in [9.17, 15) is 0 Å². The number of aromatic nitrogens is 3. The van der Waals surface area contributed by atoms with Crippen molar-refractivity contribution in [2.45, 2.75) is 45.8 Å². The van der Waals surface area contributed by atoms with Gasteiger partial charge in [0.2, 0.25) is 0 Å². The Kier molecular flexibility index (Phi) is 2.53. The summed E-state index contributed by atoms with van der Waals surface area (Å²) < 4.78 is 12.1. The van der Waals surface area contributed by atoms with Crippen LogP contribution in [0.1, 0.15) is 33.3 Å². The maximum Gasteiger partial charge on any atom is 0.494 e. The first-order valence-corrected chi connectivity index (χ1v) is 6.47. The first-order valence-electron chi connectivity index (χ1n) is 6.47. The Morgan fingerprint density at radius 2 is 1.68 bits per heavy atom. The third-order valence-corrected chi connectivity index (χ3v) is 4.16. The third kappa shape index (κ3) is 1.86. The van der Waals surface area contributed by atoms with Crippen LogP contribution >= 0.6 is 0 Å². The number of nitrogens with zero attached hydrogens (tertiary/aromatic N) is 2. The van der Waals surface area contributed by atoms with Crippen molar-refractivity contribution in [2.24, 2.45) is 0 Å². The molecule has 0 amide bonds. The van der Waals surface area contributed by atoms with Gasteiger partial charge in [0.1, 0.15) is 11.0 Å². The zero-order valence-corrected chi connectivity index (χ0v) is 11.9. The molecule has 3 rings (SSSR count). The van der Waals surface area contributed by atoms with E-state index in [1.807, 2.05) is 19.1 Å². The molecule has 0 radical (unpaired) electrons. The highest BCUT2D eigenvalue weighted by Crippen LogP contribution is 2.36. The molecule has 0 unspecified atom stereocenters. The van der Waals surface area contributed by atoms with E-state index in [1.54, 1.807) is 0 Å². The predicted octanol–water partition coefficient (Wildman–Crippen LogP) is 1.57. The van der Waals surface area contributed by atoms with E-state index in [2.05, 4.69) is 43.1 Å². The van der Waals surface area contributed by atoms with E-state index in [1.165, 1.54) is 0 Å². The van der Waals surface area contributed by atoms with Crippen LogP contribution in [-0.4, -0.2) is 33.7 Å². The van der Waals surface area contributed by atoms with E-state index in [0.717, 1.165) is 22.1 Å². The molecule has 1 aliphatic heterocycles. The van der Waals surface area contributed by atoms with Gasteiger partial charge in [-0.05, 0) is 51.7 Å². The van der Waals surface area contributed by atoms with Crippen molar-refractivity contribution in [1.29, 1.82) is 0 Å². The summed E-state index contributed by atoms with van der Waals surface area (Å²) in [7, 11) is -0.357. The first kappa shape index (κ1) is 12.6. The van der Waals surface area contributed by atoms with Gasteiger partial charge >= 0.3 is 7.12 Å². The number of rotatable bonds is 1. The van der Waals surface area contributed by atoms with E-state index in [4.69, 9.17) is 9.31 Å². The second kappa shape index (κ2) is 3.80. The standard InChI is InChI=1S/C13H18BN3O2/c1-8-6-9(7-10-11(8)16-17-15-10)14-18-12(2,3)13(4,5)19-14/h6-7H,1-5H3,(H,15,16,17). The summed E-state index contributed by atoms with van der Waals surface area (Å²) in [6.07, 6.45) is 0. The lowest BCUT2D eigenvalue weighted by atomic mass is 9.78. The van der Waals surface area contributed by atoms with Gasteiger partial charge in [-0.15, -0.1) is 0 Å². The van der Waals surface area contributed by atoms with Gasteiger partial charge in [-0.1, -0.05) is 6.07 Å². The number of nitrogens with one attached hydrogen (secondary N) is 1. The highest BCUT2D eigenvalue weighted by atomic mass is 16.7. The monoisotopic (exact) mass is 259 g/mol. The van der Waals surface area contributed by atoms with Crippen LogP contribution in [0.5, 0.6) is 0 Å². The molecule has 100 valence electrons. The van der Waals surface area contributed by atoms with E-state index >= 15 is 0 Å². The van der Waals surface area contributed by atoms with Gasteiger partial charge in [0.25, 0.3) is 0 Å². The smallest absolute Gasteiger partial charge is 0.399 e. The van der Waals surface area contributed by atoms with E-state index < -0.39 is 0 Å². The topological polar surface area (TPSA) is 60.0 Å². The highest BCUT2D eigenvalue weighted by Gasteiger charge is 2.51. The second-order valence-electron chi connectivity index (χ2n) is 6.12. The van der Waals surface area contributed by atoms with Crippen LogP contribution in [0.15, 0.2) is 12.1 Å².